The van der Waals surface area contributed by atoms with Crippen LogP contribution in [0.25, 0.3) is 22.6 Å². The summed E-state index contributed by atoms with van der Waals surface area (Å²) < 4.78 is 27.9. The van der Waals surface area contributed by atoms with Crippen molar-refractivity contribution in [3.8, 4) is 11.5 Å². The third kappa shape index (κ3) is 4.36. The number of fused-ring (bicyclic) bond motifs is 1. The van der Waals surface area contributed by atoms with E-state index < -0.39 is 23.1 Å². The minimum atomic E-state index is -0.933. The molecular formula is C24H24F2N6O. The summed E-state index contributed by atoms with van der Waals surface area (Å²) in [6.45, 7) is 5.39. The first-order valence-corrected chi connectivity index (χ1v) is 11.0. The summed E-state index contributed by atoms with van der Waals surface area (Å²) in [6.07, 6.45) is 3.82. The van der Waals surface area contributed by atoms with Crippen molar-refractivity contribution in [2.24, 2.45) is 5.92 Å². The molecular weight excluding hydrogens is 426 g/mol. The smallest absolute Gasteiger partial charge is 0.261 e. The Morgan fingerprint density at radius 3 is 2.70 bits per heavy atom. The number of hydrogen-bond acceptors (Lipinski definition) is 4. The van der Waals surface area contributed by atoms with Crippen molar-refractivity contribution < 1.29 is 13.6 Å². The van der Waals surface area contributed by atoms with Crippen molar-refractivity contribution in [2.75, 3.05) is 18.4 Å². The first kappa shape index (κ1) is 21.3. The van der Waals surface area contributed by atoms with E-state index in [1.54, 1.807) is 0 Å². The molecule has 0 aliphatic carbocycles. The lowest BCUT2D eigenvalue weighted by atomic mass is 9.99. The van der Waals surface area contributed by atoms with E-state index >= 15 is 0 Å². The normalized spacial score (nSPS) is 15.2. The highest BCUT2D eigenvalue weighted by Gasteiger charge is 2.21. The third-order valence-electron chi connectivity index (χ3n) is 6.14. The largest absolute Gasteiger partial charge is 0.337 e. The van der Waals surface area contributed by atoms with Gasteiger partial charge in [-0.05, 0) is 61.7 Å². The third-order valence-corrected chi connectivity index (χ3v) is 6.14. The van der Waals surface area contributed by atoms with E-state index in [9.17, 15) is 13.6 Å². The average Bonchev–Trinajstić information content (AvgIpc) is 3.41. The summed E-state index contributed by atoms with van der Waals surface area (Å²) in [5.41, 5.74) is 2.87. The number of imidazole rings is 1. The molecule has 1 amide bonds. The number of likely N-dealkylation sites (tertiary alicyclic amines) is 1. The zero-order valence-corrected chi connectivity index (χ0v) is 18.2. The van der Waals surface area contributed by atoms with Gasteiger partial charge in [0.15, 0.2) is 5.82 Å². The van der Waals surface area contributed by atoms with Gasteiger partial charge in [-0.15, -0.1) is 0 Å². The van der Waals surface area contributed by atoms with Crippen LogP contribution in [0, 0.1) is 17.6 Å². The van der Waals surface area contributed by atoms with E-state index in [0.29, 0.717) is 11.5 Å². The maximum absolute atomic E-state index is 14.0. The quantitative estimate of drug-likeness (QED) is 0.411. The molecule has 1 saturated heterocycles. The molecule has 3 N–H and O–H groups in total. The highest BCUT2D eigenvalue weighted by molar-refractivity contribution is 6.06. The van der Waals surface area contributed by atoms with Crippen LogP contribution in [-0.2, 0) is 6.54 Å². The number of carbonyl (C=O) groups is 1. The first-order chi connectivity index (χ1) is 16.0. The summed E-state index contributed by atoms with van der Waals surface area (Å²) >= 11 is 0. The number of amides is 1. The van der Waals surface area contributed by atoms with E-state index in [2.05, 4.69) is 49.4 Å². The lowest BCUT2D eigenvalue weighted by molar-refractivity contribution is 0.101. The second-order valence-corrected chi connectivity index (χ2v) is 8.61. The van der Waals surface area contributed by atoms with Crippen molar-refractivity contribution in [3.63, 3.8) is 0 Å². The molecule has 1 fully saturated rings. The number of hydrogen-bond donors (Lipinski definition) is 3. The minimum absolute atomic E-state index is 0.268. The lowest BCUT2D eigenvalue weighted by Crippen LogP contribution is -2.32. The molecule has 0 radical (unpaired) electrons. The van der Waals surface area contributed by atoms with Crippen LogP contribution in [-0.4, -0.2) is 44.1 Å². The molecule has 2 aromatic carbocycles. The lowest BCUT2D eigenvalue weighted by Gasteiger charge is -2.30. The van der Waals surface area contributed by atoms with E-state index in [1.165, 1.54) is 30.7 Å². The molecule has 0 spiro atoms. The average molecular weight is 450 g/mol. The summed E-state index contributed by atoms with van der Waals surface area (Å²) in [7, 11) is 0. The molecule has 170 valence electrons. The predicted octanol–water partition coefficient (Wildman–Crippen LogP) is 4.72. The number of aromatic nitrogens is 4. The molecule has 7 nitrogen and oxygen atoms in total. The van der Waals surface area contributed by atoms with E-state index in [-0.39, 0.29) is 5.69 Å². The molecule has 2 aromatic heterocycles. The van der Waals surface area contributed by atoms with Gasteiger partial charge >= 0.3 is 0 Å². The summed E-state index contributed by atoms with van der Waals surface area (Å²) in [6, 6.07) is 9.39. The van der Waals surface area contributed by atoms with Crippen LogP contribution in [0.2, 0.25) is 0 Å². The molecule has 0 unspecified atom stereocenters. The molecule has 4 aromatic rings. The van der Waals surface area contributed by atoms with Crippen molar-refractivity contribution in [1.82, 2.24) is 25.1 Å². The Bertz CT molecular complexity index is 1290. The Labute approximate surface area is 189 Å². The molecule has 0 saturated carbocycles. The Hall–Kier alpha value is -3.59. The fourth-order valence-corrected chi connectivity index (χ4v) is 4.21. The Balaban J connectivity index is 1.37. The van der Waals surface area contributed by atoms with Crippen molar-refractivity contribution in [2.45, 2.75) is 26.3 Å². The van der Waals surface area contributed by atoms with Crippen LogP contribution in [0.3, 0.4) is 0 Å². The number of piperidine rings is 1. The first-order valence-electron chi connectivity index (χ1n) is 11.0. The Kier molecular flexibility index (Phi) is 5.63. The van der Waals surface area contributed by atoms with Gasteiger partial charge in [0.1, 0.15) is 22.9 Å². The Morgan fingerprint density at radius 1 is 1.18 bits per heavy atom. The highest BCUT2D eigenvalue weighted by Crippen LogP contribution is 2.27. The topological polar surface area (TPSA) is 89.7 Å². The van der Waals surface area contributed by atoms with E-state index in [1.807, 2.05) is 6.07 Å². The maximum Gasteiger partial charge on any atom is 0.261 e. The number of nitrogens with zero attached hydrogens (tertiary/aromatic N) is 3. The molecule has 0 atom stereocenters. The predicted molar refractivity (Wildman–Crippen MR) is 122 cm³/mol. The molecule has 1 aliphatic rings. The Morgan fingerprint density at radius 2 is 1.94 bits per heavy atom. The zero-order chi connectivity index (χ0) is 22.9. The van der Waals surface area contributed by atoms with Crippen LogP contribution in [0.4, 0.5) is 14.5 Å². The number of aromatic amines is 2. The van der Waals surface area contributed by atoms with Gasteiger partial charge in [-0.25, -0.2) is 13.8 Å². The number of benzene rings is 2. The van der Waals surface area contributed by atoms with Crippen LogP contribution >= 0.6 is 0 Å². The van der Waals surface area contributed by atoms with Gasteiger partial charge in [0.2, 0.25) is 0 Å². The second-order valence-electron chi connectivity index (χ2n) is 8.61. The highest BCUT2D eigenvalue weighted by atomic mass is 19.1. The fraction of sp³-hybridized carbons (Fsp3) is 0.292. The monoisotopic (exact) mass is 450 g/mol. The van der Waals surface area contributed by atoms with Crippen LogP contribution in [0.5, 0.6) is 0 Å². The summed E-state index contributed by atoms with van der Waals surface area (Å²) in [4.78, 5) is 22.8. The van der Waals surface area contributed by atoms with Gasteiger partial charge in [0.05, 0.1) is 22.9 Å². The van der Waals surface area contributed by atoms with Gasteiger partial charge in [0.25, 0.3) is 5.91 Å². The number of anilines is 1. The fourth-order valence-electron chi connectivity index (χ4n) is 4.21. The molecule has 1 aliphatic heterocycles. The second kappa shape index (κ2) is 8.74. The van der Waals surface area contributed by atoms with Crippen molar-refractivity contribution >= 4 is 22.6 Å². The van der Waals surface area contributed by atoms with Crippen LogP contribution < -0.4 is 5.32 Å². The van der Waals surface area contributed by atoms with Crippen LogP contribution in [0.15, 0.2) is 42.6 Å². The molecule has 0 bridgehead atoms. The standard InChI is InChI=1S/C24H24F2N6O/c1-14-7-9-32(10-8-14)13-15-5-6-18-19(11-15)29-23(28-18)22-20(12-27-31-22)30-24(33)21-16(25)3-2-4-17(21)26/h2-6,11-12,14H,7-10,13H2,1H3,(H,27,31)(H,28,29)(H,30,33). The SMILES string of the molecule is CC1CCN(Cc2ccc3nc(-c4[nH]ncc4NC(=O)c4c(F)cccc4F)[nH]c3c2)CC1. The van der Waals surface area contributed by atoms with Gasteiger partial charge < -0.3 is 10.3 Å². The van der Waals surface area contributed by atoms with Gasteiger partial charge in [-0.1, -0.05) is 19.1 Å². The zero-order valence-electron chi connectivity index (χ0n) is 18.2. The number of H-pyrrole nitrogens is 2. The number of halogens is 2. The molecule has 5 rings (SSSR count). The summed E-state index contributed by atoms with van der Waals surface area (Å²) in [5.74, 6) is -1.51. The van der Waals surface area contributed by atoms with Crippen molar-refractivity contribution in [1.29, 1.82) is 0 Å². The van der Waals surface area contributed by atoms with Crippen LogP contribution in [0.1, 0.15) is 35.7 Å². The molecule has 33 heavy (non-hydrogen) atoms. The number of carbonyl (C=O) groups excluding carboxylic acids is 1. The van der Waals surface area contributed by atoms with E-state index in [0.717, 1.165) is 48.7 Å². The number of nitrogens with one attached hydrogen (secondary N) is 3. The van der Waals surface area contributed by atoms with Gasteiger partial charge in [-0.2, -0.15) is 5.10 Å². The minimum Gasteiger partial charge on any atom is -0.337 e. The van der Waals surface area contributed by atoms with Gasteiger partial charge in [0, 0.05) is 6.54 Å². The molecule has 9 heteroatoms. The maximum atomic E-state index is 14.0. The van der Waals surface area contributed by atoms with Gasteiger partial charge in [-0.3, -0.25) is 14.8 Å². The van der Waals surface area contributed by atoms with Crippen molar-refractivity contribution in [3.05, 3.63) is 65.4 Å². The number of rotatable bonds is 5. The van der Waals surface area contributed by atoms with E-state index in [4.69, 9.17) is 0 Å². The summed E-state index contributed by atoms with van der Waals surface area (Å²) in [5, 5.41) is 9.29. The molecule has 3 heterocycles.